The van der Waals surface area contributed by atoms with E-state index in [-0.39, 0.29) is 0 Å². The Bertz CT molecular complexity index is 2500. The summed E-state index contributed by atoms with van der Waals surface area (Å²) in [6, 6.07) is 16.5. The summed E-state index contributed by atoms with van der Waals surface area (Å²) in [5.74, 6) is -46.4. The summed E-state index contributed by atoms with van der Waals surface area (Å²) in [6.45, 7) is 7.77. The maximum absolute atomic E-state index is 15.8. The normalized spacial score (nSPS) is 11.5. The van der Waals surface area contributed by atoms with E-state index in [0.29, 0.717) is 39.6 Å². The van der Waals surface area contributed by atoms with E-state index in [1.54, 1.807) is 0 Å². The van der Waals surface area contributed by atoms with E-state index in [9.17, 15) is 52.7 Å². The Kier molecular flexibility index (Phi) is 19.3. The minimum absolute atomic E-state index is 0.398. The lowest BCUT2D eigenvalue weighted by atomic mass is 9.12. The summed E-state index contributed by atoms with van der Waals surface area (Å²) in [6.07, 6.45) is -6.24. The number of halogens is 21. The van der Waals surface area contributed by atoms with Gasteiger partial charge in [0.1, 0.15) is 42.6 Å². The molecule has 0 fully saturated rings. The average Bonchev–Trinajstić information content (AvgIpc) is 3.35. The molecule has 0 bridgehead atoms. The van der Waals surface area contributed by atoms with Crippen LogP contribution in [0.15, 0.2) is 48.5 Å². The van der Waals surface area contributed by atoms with Crippen molar-refractivity contribution in [3.63, 3.8) is 0 Å². The van der Waals surface area contributed by atoms with E-state index in [4.69, 9.17) is 65.4 Å². The van der Waals surface area contributed by atoms with Crippen molar-refractivity contribution in [3.05, 3.63) is 169 Å². The molecule has 0 radical (unpaired) electrons. The molecule has 0 heterocycles. The van der Waals surface area contributed by atoms with Crippen molar-refractivity contribution in [2.75, 3.05) is 39.6 Å². The summed E-state index contributed by atoms with van der Waals surface area (Å²) >= 11 is 21.9. The Morgan fingerprint density at radius 3 is 0.857 bits per heavy atom. The summed E-state index contributed by atoms with van der Waals surface area (Å²) in [4.78, 5) is 0. The van der Waals surface area contributed by atoms with Gasteiger partial charge in [-0.3, -0.25) is 0 Å². The molecule has 6 aromatic carbocycles. The molecule has 0 unspecified atom stereocenters. The van der Waals surface area contributed by atoms with Gasteiger partial charge in [0.25, 0.3) is 0 Å². The minimum atomic E-state index is -6.24. The second-order valence-corrected chi connectivity index (χ2v) is 18.2. The van der Waals surface area contributed by atoms with Crippen LogP contribution in [0.1, 0.15) is 13.8 Å². The minimum Gasteiger partial charge on any atom is -0.486 e. The first kappa shape index (κ1) is 56.6. The van der Waals surface area contributed by atoms with Gasteiger partial charge in [0.05, 0.1) is 13.2 Å². The molecule has 4 nitrogen and oxygen atoms in total. The van der Waals surface area contributed by atoms with Crippen LogP contribution in [0.3, 0.4) is 0 Å². The van der Waals surface area contributed by atoms with Gasteiger partial charge in [-0.15, -0.1) is 21.9 Å². The van der Waals surface area contributed by atoms with Gasteiger partial charge in [0, 0.05) is 33.3 Å². The second kappa shape index (κ2) is 23.9. The van der Waals surface area contributed by atoms with Gasteiger partial charge in [-0.05, 0) is 38.1 Å². The highest BCUT2D eigenvalue weighted by molar-refractivity contribution is 7.22. The first-order valence-electron chi connectivity index (χ1n) is 19.5. The zero-order valence-corrected chi connectivity index (χ0v) is 40.2. The lowest BCUT2D eigenvalue weighted by Crippen LogP contribution is -3.61. The number of hydrogen-bond acceptors (Lipinski definition) is 4. The molecule has 0 aliphatic carbocycles. The van der Waals surface area contributed by atoms with Crippen LogP contribution >= 0.6 is 46.4 Å². The quantitative estimate of drug-likeness (QED) is 0.0244. The van der Waals surface area contributed by atoms with Crippen LogP contribution in [-0.4, -0.2) is 45.8 Å². The molecular weight excluding hydrogens is 1180 g/mol. The highest BCUT2D eigenvalue weighted by Gasteiger charge is 2.51. The second-order valence-electron chi connectivity index (χ2n) is 13.8. The monoisotopic (exact) mass is 1200 g/mol. The molecule has 6 rings (SSSR count). The largest absolute Gasteiger partial charge is 0.486 e. The van der Waals surface area contributed by atoms with E-state index >= 15 is 17.6 Å². The van der Waals surface area contributed by atoms with E-state index in [1.165, 1.54) is 7.14 Å². The third-order valence-electron chi connectivity index (χ3n) is 9.96. The first-order valence-corrected chi connectivity index (χ1v) is 23.2. The maximum Gasteiger partial charge on any atom is 0.366 e. The highest BCUT2D eigenvalue weighted by Crippen LogP contribution is 2.36. The molecule has 0 aromatic heterocycles. The standard InChI is InChI=1S/C24BCl4F16.C20H26IO4/c26-5-1(9(30)17(38)21(42)13(5)34)25(2-6(27)14(35)22(43)18(39)10(2)31,3-7(28)15(36)23(44)19(40)11(3)32)4-8(29)16(37)24(45)20(41)12(4)33;1-3-22-13-15-24-19-11-7-5-9-17(19)21-18-10-6-8-12-20(18)25-16-14-23-4-2/h;5-12H,3-4,13-16H2,1-2H3/q-1;+1. The van der Waals surface area contributed by atoms with Gasteiger partial charge in [0.2, 0.25) is 7.14 Å². The predicted molar refractivity (Wildman–Crippen MR) is 224 cm³/mol. The van der Waals surface area contributed by atoms with Gasteiger partial charge in [0.15, 0.2) is 81.3 Å². The SMILES string of the molecule is CCOCCOc1ccccc1[I+]c1ccccc1OCCOCC.Fc1c(F)c(F)c([B-](c2c(F)c(F)c(F)c(F)c2Cl)(c2c(F)c(F)c(F)c(F)c2Cl)c2c(F)c(F)c(F)c(F)c2Cl)c(Cl)c1F. The molecule has 0 aliphatic heterocycles. The molecule has 0 N–H and O–H groups in total. The molecule has 0 spiro atoms. The topological polar surface area (TPSA) is 36.9 Å². The third-order valence-corrected chi connectivity index (χ3v) is 14.4. The summed E-state index contributed by atoms with van der Waals surface area (Å²) in [5.41, 5.74) is -10.7. The zero-order chi connectivity index (χ0) is 52.1. The van der Waals surface area contributed by atoms with Crippen molar-refractivity contribution >= 4 is 74.4 Å². The van der Waals surface area contributed by atoms with Crippen molar-refractivity contribution in [2.45, 2.75) is 13.8 Å². The Hall–Kier alpha value is -4.33. The fourth-order valence-electron chi connectivity index (χ4n) is 6.97. The van der Waals surface area contributed by atoms with Gasteiger partial charge in [-0.25, -0.2) is 70.2 Å². The Balaban J connectivity index is 0.000000308. The van der Waals surface area contributed by atoms with Crippen molar-refractivity contribution in [2.24, 2.45) is 0 Å². The van der Waals surface area contributed by atoms with Crippen LogP contribution in [0.4, 0.5) is 70.2 Å². The van der Waals surface area contributed by atoms with Gasteiger partial charge in [-0.1, -0.05) is 70.7 Å². The third kappa shape index (κ3) is 10.6. The smallest absolute Gasteiger partial charge is 0.366 e. The first-order chi connectivity index (χ1) is 33.0. The highest BCUT2D eigenvalue weighted by atomic mass is 127. The molecule has 0 atom stereocenters. The van der Waals surface area contributed by atoms with Crippen LogP contribution in [0, 0.1) is 100 Å². The predicted octanol–water partition coefficient (Wildman–Crippen LogP) is 8.55. The van der Waals surface area contributed by atoms with E-state index in [1.807, 2.05) is 38.1 Å². The Morgan fingerprint density at radius 1 is 0.357 bits per heavy atom. The lowest BCUT2D eigenvalue weighted by Gasteiger charge is -2.46. The zero-order valence-electron chi connectivity index (χ0n) is 35.0. The lowest BCUT2D eigenvalue weighted by molar-refractivity contribution is -0.599. The van der Waals surface area contributed by atoms with Crippen LogP contribution in [-0.2, 0) is 9.47 Å². The molecule has 0 aliphatic rings. The molecule has 70 heavy (non-hydrogen) atoms. The Labute approximate surface area is 416 Å². The van der Waals surface area contributed by atoms with Gasteiger partial charge < -0.3 is 18.9 Å². The molecular formula is C44H26BCl4F16IO4. The van der Waals surface area contributed by atoms with Gasteiger partial charge in [-0.2, -0.15) is 0 Å². The molecule has 26 heteroatoms. The van der Waals surface area contributed by atoms with Crippen LogP contribution in [0.2, 0.25) is 20.1 Å². The van der Waals surface area contributed by atoms with Crippen molar-refractivity contribution < 1.29 is 110 Å². The van der Waals surface area contributed by atoms with Crippen LogP contribution in [0.5, 0.6) is 11.5 Å². The molecule has 0 saturated heterocycles. The maximum atomic E-state index is 15.8. The number of para-hydroxylation sites is 2. The van der Waals surface area contributed by atoms with E-state index in [2.05, 4.69) is 24.3 Å². The van der Waals surface area contributed by atoms with Crippen molar-refractivity contribution in [3.8, 4) is 11.5 Å². The fraction of sp³-hybridized carbons (Fsp3) is 0.182. The summed E-state index contributed by atoms with van der Waals surface area (Å²) < 4.78 is 263. The molecule has 0 amide bonds. The number of rotatable bonds is 16. The van der Waals surface area contributed by atoms with Crippen molar-refractivity contribution in [1.82, 2.24) is 0 Å². The van der Waals surface area contributed by atoms with Crippen LogP contribution in [0.25, 0.3) is 0 Å². The summed E-state index contributed by atoms with van der Waals surface area (Å²) in [7, 11) is 0. The van der Waals surface area contributed by atoms with E-state index in [0.717, 1.165) is 11.5 Å². The van der Waals surface area contributed by atoms with Crippen molar-refractivity contribution in [1.29, 1.82) is 0 Å². The molecule has 376 valence electrons. The fourth-order valence-corrected chi connectivity index (χ4v) is 10.9. The molecule has 6 aromatic rings. The molecule has 0 saturated carbocycles. The Morgan fingerprint density at radius 2 is 0.600 bits per heavy atom. The van der Waals surface area contributed by atoms with Gasteiger partial charge >= 0.3 is 21.2 Å². The number of benzene rings is 6. The average molecular weight is 1200 g/mol. The van der Waals surface area contributed by atoms with E-state index < -0.39 is 162 Å². The number of hydrogen-bond donors (Lipinski definition) is 0. The summed E-state index contributed by atoms with van der Waals surface area (Å²) in [5, 5.41) is -9.69. The van der Waals surface area contributed by atoms with Crippen LogP contribution < -0.4 is 52.5 Å². The number of ether oxygens (including phenoxy) is 4.